The lowest BCUT2D eigenvalue weighted by Gasteiger charge is -2.10. The molecule has 1 aromatic heterocycles. The number of benzene rings is 1. The molecule has 0 spiro atoms. The van der Waals surface area contributed by atoms with Gasteiger partial charge in [0.05, 0.1) is 24.3 Å². The standard InChI is InChI=1S/C15H13N3O4S/c1-21-12-6-9(7-16)2-3-11(12)22-8-13(19)18-15-10(14(17)20)4-5-23-15/h2-6H,8H2,1H3,(H2,17,20)(H,18,19). The number of nitrogens with two attached hydrogens (primary N) is 1. The molecule has 118 valence electrons. The molecule has 0 aliphatic carbocycles. The van der Waals surface area contributed by atoms with Crippen molar-refractivity contribution in [2.24, 2.45) is 5.73 Å². The van der Waals surface area contributed by atoms with Crippen LogP contribution in [0.3, 0.4) is 0 Å². The van der Waals surface area contributed by atoms with Gasteiger partial charge in [0, 0.05) is 6.07 Å². The van der Waals surface area contributed by atoms with Gasteiger partial charge < -0.3 is 20.5 Å². The molecule has 0 radical (unpaired) electrons. The van der Waals surface area contributed by atoms with Crippen LogP contribution in [0.15, 0.2) is 29.6 Å². The van der Waals surface area contributed by atoms with Crippen LogP contribution in [0.4, 0.5) is 5.00 Å². The van der Waals surface area contributed by atoms with Gasteiger partial charge in [0.2, 0.25) is 0 Å². The minimum atomic E-state index is -0.615. The van der Waals surface area contributed by atoms with E-state index in [-0.39, 0.29) is 12.2 Å². The first kappa shape index (κ1) is 16.3. The molecule has 0 aliphatic rings. The maximum Gasteiger partial charge on any atom is 0.262 e. The first-order valence-corrected chi connectivity index (χ1v) is 7.31. The van der Waals surface area contributed by atoms with Gasteiger partial charge in [0.1, 0.15) is 5.00 Å². The second-order valence-corrected chi connectivity index (χ2v) is 5.26. The minimum absolute atomic E-state index is 0.249. The van der Waals surface area contributed by atoms with E-state index < -0.39 is 11.8 Å². The Morgan fingerprint density at radius 2 is 2.13 bits per heavy atom. The number of hydrogen-bond acceptors (Lipinski definition) is 6. The van der Waals surface area contributed by atoms with Gasteiger partial charge in [-0.1, -0.05) is 0 Å². The Morgan fingerprint density at radius 1 is 1.35 bits per heavy atom. The molecule has 0 atom stereocenters. The summed E-state index contributed by atoms with van der Waals surface area (Å²) in [6.07, 6.45) is 0. The van der Waals surface area contributed by atoms with Crippen molar-refractivity contribution >= 4 is 28.2 Å². The molecule has 0 aliphatic heterocycles. The second kappa shape index (κ2) is 7.29. The number of carbonyl (C=O) groups is 2. The van der Waals surface area contributed by atoms with Crippen LogP contribution < -0.4 is 20.5 Å². The maximum absolute atomic E-state index is 11.9. The molecular formula is C15H13N3O4S. The first-order valence-electron chi connectivity index (χ1n) is 6.43. The number of anilines is 1. The molecule has 0 fully saturated rings. The van der Waals surface area contributed by atoms with Crippen molar-refractivity contribution in [3.8, 4) is 17.6 Å². The van der Waals surface area contributed by atoms with E-state index >= 15 is 0 Å². The lowest BCUT2D eigenvalue weighted by Crippen LogP contribution is -2.22. The number of thiophene rings is 1. The third-order valence-electron chi connectivity index (χ3n) is 2.84. The number of rotatable bonds is 6. The summed E-state index contributed by atoms with van der Waals surface area (Å²) in [6.45, 7) is -0.279. The Balaban J connectivity index is 2.01. The zero-order valence-electron chi connectivity index (χ0n) is 12.2. The van der Waals surface area contributed by atoms with Crippen molar-refractivity contribution in [1.29, 1.82) is 5.26 Å². The number of amides is 2. The third kappa shape index (κ3) is 3.99. The summed E-state index contributed by atoms with van der Waals surface area (Å²) in [5, 5.41) is 13.4. The highest BCUT2D eigenvalue weighted by Gasteiger charge is 2.14. The molecule has 0 bridgehead atoms. The van der Waals surface area contributed by atoms with Gasteiger partial charge in [-0.2, -0.15) is 5.26 Å². The fourth-order valence-corrected chi connectivity index (χ4v) is 2.57. The number of methoxy groups -OCH3 is 1. The molecule has 1 heterocycles. The Labute approximate surface area is 136 Å². The maximum atomic E-state index is 11.9. The second-order valence-electron chi connectivity index (χ2n) is 4.34. The lowest BCUT2D eigenvalue weighted by molar-refractivity contribution is -0.118. The van der Waals surface area contributed by atoms with E-state index in [0.717, 1.165) is 0 Å². The molecular weight excluding hydrogens is 318 g/mol. The van der Waals surface area contributed by atoms with E-state index in [2.05, 4.69) is 5.32 Å². The smallest absolute Gasteiger partial charge is 0.262 e. The third-order valence-corrected chi connectivity index (χ3v) is 3.66. The molecule has 1 aromatic carbocycles. The van der Waals surface area contributed by atoms with Crippen LogP contribution in [0.2, 0.25) is 0 Å². The van der Waals surface area contributed by atoms with Gasteiger partial charge in [0.25, 0.3) is 11.8 Å². The normalized spacial score (nSPS) is 9.74. The van der Waals surface area contributed by atoms with Crippen molar-refractivity contribution in [2.75, 3.05) is 19.0 Å². The molecule has 0 saturated carbocycles. The van der Waals surface area contributed by atoms with Crippen LogP contribution in [0.5, 0.6) is 11.5 Å². The summed E-state index contributed by atoms with van der Waals surface area (Å²) in [4.78, 5) is 23.1. The molecule has 3 N–H and O–H groups in total. The van der Waals surface area contributed by atoms with E-state index in [4.69, 9.17) is 20.5 Å². The van der Waals surface area contributed by atoms with Crippen molar-refractivity contribution in [2.45, 2.75) is 0 Å². The van der Waals surface area contributed by atoms with E-state index in [1.807, 2.05) is 6.07 Å². The van der Waals surface area contributed by atoms with Gasteiger partial charge in [-0.25, -0.2) is 0 Å². The van der Waals surface area contributed by atoms with E-state index in [1.165, 1.54) is 30.6 Å². The average Bonchev–Trinajstić information content (AvgIpc) is 3.01. The number of carbonyl (C=O) groups excluding carboxylic acids is 2. The Kier molecular flexibility index (Phi) is 5.17. The first-order chi connectivity index (χ1) is 11.0. The van der Waals surface area contributed by atoms with Gasteiger partial charge >= 0.3 is 0 Å². The minimum Gasteiger partial charge on any atom is -0.493 e. The van der Waals surface area contributed by atoms with Gasteiger partial charge in [-0.3, -0.25) is 9.59 Å². The number of nitriles is 1. The number of hydrogen-bond donors (Lipinski definition) is 2. The molecule has 2 rings (SSSR count). The van der Waals surface area contributed by atoms with Crippen molar-refractivity contribution in [3.05, 3.63) is 40.8 Å². The van der Waals surface area contributed by atoms with Gasteiger partial charge in [-0.05, 0) is 23.6 Å². The summed E-state index contributed by atoms with van der Waals surface area (Å²) in [5.41, 5.74) is 5.88. The van der Waals surface area contributed by atoms with Crippen molar-refractivity contribution in [1.82, 2.24) is 0 Å². The molecule has 8 heteroatoms. The fourth-order valence-electron chi connectivity index (χ4n) is 1.76. The molecule has 7 nitrogen and oxygen atoms in total. The van der Waals surface area contributed by atoms with E-state index in [1.54, 1.807) is 17.5 Å². The average molecular weight is 331 g/mol. The molecule has 2 amide bonds. The van der Waals surface area contributed by atoms with Crippen LogP contribution in [0.25, 0.3) is 0 Å². The summed E-state index contributed by atoms with van der Waals surface area (Å²) in [5.74, 6) is -0.369. The monoisotopic (exact) mass is 331 g/mol. The highest BCUT2D eigenvalue weighted by molar-refractivity contribution is 7.14. The number of primary amides is 1. The van der Waals surface area contributed by atoms with Gasteiger partial charge in [0.15, 0.2) is 18.1 Å². The highest BCUT2D eigenvalue weighted by atomic mass is 32.1. The molecule has 0 saturated heterocycles. The largest absolute Gasteiger partial charge is 0.493 e. The zero-order chi connectivity index (χ0) is 16.8. The molecule has 2 aromatic rings. The quantitative estimate of drug-likeness (QED) is 0.837. The zero-order valence-corrected chi connectivity index (χ0v) is 13.0. The summed E-state index contributed by atoms with van der Waals surface area (Å²) >= 11 is 1.19. The van der Waals surface area contributed by atoms with Crippen molar-refractivity contribution in [3.63, 3.8) is 0 Å². The van der Waals surface area contributed by atoms with Crippen LogP contribution in [0.1, 0.15) is 15.9 Å². The Bertz CT molecular complexity index is 779. The van der Waals surface area contributed by atoms with Gasteiger partial charge in [-0.15, -0.1) is 11.3 Å². The number of nitrogens with zero attached hydrogens (tertiary/aromatic N) is 1. The van der Waals surface area contributed by atoms with Crippen LogP contribution in [0, 0.1) is 11.3 Å². The summed E-state index contributed by atoms with van der Waals surface area (Å²) in [6, 6.07) is 8.13. The van der Waals surface area contributed by atoms with Crippen LogP contribution in [-0.2, 0) is 4.79 Å². The number of ether oxygens (including phenoxy) is 2. The molecule has 23 heavy (non-hydrogen) atoms. The van der Waals surface area contributed by atoms with E-state index in [9.17, 15) is 9.59 Å². The topological polar surface area (TPSA) is 114 Å². The fraction of sp³-hybridized carbons (Fsp3) is 0.133. The van der Waals surface area contributed by atoms with Crippen LogP contribution in [-0.4, -0.2) is 25.5 Å². The van der Waals surface area contributed by atoms with Crippen LogP contribution >= 0.6 is 11.3 Å². The number of nitrogens with one attached hydrogen (secondary N) is 1. The predicted octanol–water partition coefficient (Wildman–Crippen LogP) is 1.74. The van der Waals surface area contributed by atoms with Crippen molar-refractivity contribution < 1.29 is 19.1 Å². The summed E-state index contributed by atoms with van der Waals surface area (Å²) < 4.78 is 10.5. The predicted molar refractivity (Wildman–Crippen MR) is 84.7 cm³/mol. The SMILES string of the molecule is COc1cc(C#N)ccc1OCC(=O)Nc1sccc1C(N)=O. The van der Waals surface area contributed by atoms with E-state index in [0.29, 0.717) is 22.1 Å². The Morgan fingerprint density at radius 3 is 2.78 bits per heavy atom. The Hall–Kier alpha value is -3.05. The lowest BCUT2D eigenvalue weighted by atomic mass is 10.2. The highest BCUT2D eigenvalue weighted by Crippen LogP contribution is 2.28. The summed E-state index contributed by atoms with van der Waals surface area (Å²) in [7, 11) is 1.44. The molecule has 0 unspecified atom stereocenters.